The Bertz CT molecular complexity index is 696. The van der Waals surface area contributed by atoms with Gasteiger partial charge in [0.2, 0.25) is 0 Å². The Hall–Kier alpha value is -2.34. The summed E-state index contributed by atoms with van der Waals surface area (Å²) >= 11 is 5.08. The zero-order chi connectivity index (χ0) is 15.9. The van der Waals surface area contributed by atoms with Gasteiger partial charge in [0.05, 0.1) is 20.4 Å². The van der Waals surface area contributed by atoms with Crippen molar-refractivity contribution in [2.24, 2.45) is 5.10 Å². The van der Waals surface area contributed by atoms with Gasteiger partial charge in [0.15, 0.2) is 5.11 Å². The molecule has 0 aliphatic heterocycles. The zero-order valence-corrected chi connectivity index (χ0v) is 13.7. The molecule has 116 valence electrons. The fraction of sp³-hybridized carbons (Fsp3) is 0.250. The maximum absolute atomic E-state index is 5.42. The van der Waals surface area contributed by atoms with Crippen LogP contribution < -0.4 is 20.2 Å². The molecule has 2 N–H and O–H groups in total. The predicted octanol–water partition coefficient (Wildman–Crippen LogP) is 2.67. The van der Waals surface area contributed by atoms with Gasteiger partial charge in [-0.05, 0) is 48.1 Å². The fourth-order valence-corrected chi connectivity index (χ4v) is 2.29. The molecule has 0 aliphatic carbocycles. The van der Waals surface area contributed by atoms with Crippen LogP contribution in [-0.4, -0.2) is 32.1 Å². The average Bonchev–Trinajstić information content (AvgIpc) is 2.54. The summed E-state index contributed by atoms with van der Waals surface area (Å²) in [5.41, 5.74) is 3.65. The number of thiocarbonyl (C=S) groups is 1. The van der Waals surface area contributed by atoms with Gasteiger partial charge >= 0.3 is 0 Å². The third-order valence-corrected chi connectivity index (χ3v) is 3.38. The van der Waals surface area contributed by atoms with Crippen LogP contribution >= 0.6 is 12.2 Å². The number of hydrazone groups is 1. The molecule has 2 aromatic carbocycles. The molecule has 0 bridgehead atoms. The Morgan fingerprint density at radius 1 is 1.23 bits per heavy atom. The standard InChI is InChI=1S/C16H19N3O2S/c1-4-17-16(22)19-18-10-14-13-9-12(20-2)7-5-11(13)6-8-15(14)21-3/h5-10H,4H2,1-3H3,(H2,17,19,22)/b18-10-. The summed E-state index contributed by atoms with van der Waals surface area (Å²) < 4.78 is 10.7. The molecule has 0 aliphatic rings. The third kappa shape index (κ3) is 3.65. The van der Waals surface area contributed by atoms with E-state index < -0.39 is 0 Å². The number of nitrogens with one attached hydrogen (secondary N) is 2. The summed E-state index contributed by atoms with van der Waals surface area (Å²) in [7, 11) is 3.28. The van der Waals surface area contributed by atoms with E-state index in [-0.39, 0.29) is 0 Å². The van der Waals surface area contributed by atoms with Gasteiger partial charge in [-0.15, -0.1) is 0 Å². The highest BCUT2D eigenvalue weighted by Crippen LogP contribution is 2.29. The predicted molar refractivity (Wildman–Crippen MR) is 94.1 cm³/mol. The van der Waals surface area contributed by atoms with Crippen LogP contribution in [0.3, 0.4) is 0 Å². The number of ether oxygens (including phenoxy) is 2. The molecule has 0 amide bonds. The molecule has 0 heterocycles. The van der Waals surface area contributed by atoms with Crippen molar-refractivity contribution in [1.82, 2.24) is 10.7 Å². The molecular formula is C16H19N3O2S. The van der Waals surface area contributed by atoms with E-state index in [0.717, 1.165) is 34.4 Å². The van der Waals surface area contributed by atoms with Crippen molar-refractivity contribution in [1.29, 1.82) is 0 Å². The monoisotopic (exact) mass is 317 g/mol. The average molecular weight is 317 g/mol. The van der Waals surface area contributed by atoms with Gasteiger partial charge in [-0.25, -0.2) is 0 Å². The molecule has 0 saturated heterocycles. The maximum atomic E-state index is 5.42. The van der Waals surface area contributed by atoms with Crippen molar-refractivity contribution >= 4 is 34.3 Å². The van der Waals surface area contributed by atoms with E-state index in [1.54, 1.807) is 20.4 Å². The Morgan fingerprint density at radius 2 is 2.00 bits per heavy atom. The number of fused-ring (bicyclic) bond motifs is 1. The van der Waals surface area contributed by atoms with Gasteiger partial charge in [-0.3, -0.25) is 5.43 Å². The van der Waals surface area contributed by atoms with Crippen LogP contribution in [0.4, 0.5) is 0 Å². The first-order chi connectivity index (χ1) is 10.7. The molecule has 2 aromatic rings. The third-order valence-electron chi connectivity index (χ3n) is 3.15. The van der Waals surface area contributed by atoms with Crippen molar-refractivity contribution in [3.8, 4) is 11.5 Å². The lowest BCUT2D eigenvalue weighted by Crippen LogP contribution is -2.31. The molecule has 0 spiro atoms. The second-order valence-electron chi connectivity index (χ2n) is 4.50. The topological polar surface area (TPSA) is 54.9 Å². The first kappa shape index (κ1) is 16.0. The molecule has 22 heavy (non-hydrogen) atoms. The zero-order valence-electron chi connectivity index (χ0n) is 12.8. The van der Waals surface area contributed by atoms with Crippen LogP contribution in [0, 0.1) is 0 Å². The molecule has 0 atom stereocenters. The van der Waals surface area contributed by atoms with Crippen LogP contribution in [0.2, 0.25) is 0 Å². The van der Waals surface area contributed by atoms with Crippen molar-refractivity contribution in [3.63, 3.8) is 0 Å². The lowest BCUT2D eigenvalue weighted by molar-refractivity contribution is 0.413. The van der Waals surface area contributed by atoms with Crippen molar-refractivity contribution in [2.45, 2.75) is 6.92 Å². The van der Waals surface area contributed by atoms with E-state index >= 15 is 0 Å². The highest BCUT2D eigenvalue weighted by molar-refractivity contribution is 7.80. The number of hydrogen-bond acceptors (Lipinski definition) is 4. The number of nitrogens with zero attached hydrogens (tertiary/aromatic N) is 1. The van der Waals surface area contributed by atoms with Gasteiger partial charge in [0, 0.05) is 12.1 Å². The van der Waals surface area contributed by atoms with Crippen molar-refractivity contribution in [2.75, 3.05) is 20.8 Å². The van der Waals surface area contributed by atoms with E-state index in [1.807, 2.05) is 37.3 Å². The Morgan fingerprint density at radius 3 is 2.68 bits per heavy atom. The molecule has 0 saturated carbocycles. The van der Waals surface area contributed by atoms with Crippen molar-refractivity contribution in [3.05, 3.63) is 35.9 Å². The van der Waals surface area contributed by atoms with E-state index in [9.17, 15) is 0 Å². The smallest absolute Gasteiger partial charge is 0.186 e. The van der Waals surface area contributed by atoms with E-state index in [1.165, 1.54) is 0 Å². The number of benzene rings is 2. The number of rotatable bonds is 5. The Balaban J connectivity index is 2.40. The van der Waals surface area contributed by atoms with Gasteiger partial charge in [-0.1, -0.05) is 12.1 Å². The van der Waals surface area contributed by atoms with Gasteiger partial charge in [-0.2, -0.15) is 5.10 Å². The fourth-order valence-electron chi connectivity index (χ4n) is 2.10. The molecule has 0 fully saturated rings. The van der Waals surface area contributed by atoms with Gasteiger partial charge in [0.25, 0.3) is 0 Å². The van der Waals surface area contributed by atoms with E-state index in [4.69, 9.17) is 21.7 Å². The summed E-state index contributed by atoms with van der Waals surface area (Å²) in [4.78, 5) is 0. The van der Waals surface area contributed by atoms with Crippen LogP contribution in [0.15, 0.2) is 35.4 Å². The minimum absolute atomic E-state index is 0.482. The van der Waals surface area contributed by atoms with Crippen molar-refractivity contribution < 1.29 is 9.47 Å². The normalized spacial score (nSPS) is 10.7. The summed E-state index contributed by atoms with van der Waals surface area (Å²) in [5, 5.41) is 9.71. The maximum Gasteiger partial charge on any atom is 0.186 e. The quantitative estimate of drug-likeness (QED) is 0.504. The number of methoxy groups -OCH3 is 2. The minimum Gasteiger partial charge on any atom is -0.497 e. The summed E-state index contributed by atoms with van der Waals surface area (Å²) in [5.74, 6) is 1.52. The second-order valence-corrected chi connectivity index (χ2v) is 4.91. The molecule has 0 unspecified atom stereocenters. The SMILES string of the molecule is CCNC(=S)N/N=C\c1c(OC)ccc2ccc(OC)cc12. The Kier molecular flexibility index (Phi) is 5.55. The summed E-state index contributed by atoms with van der Waals surface area (Å²) in [6, 6.07) is 9.80. The molecule has 6 heteroatoms. The van der Waals surface area contributed by atoms with Crippen LogP contribution in [0.25, 0.3) is 10.8 Å². The van der Waals surface area contributed by atoms with Gasteiger partial charge in [0.1, 0.15) is 11.5 Å². The molecule has 2 rings (SSSR count). The lowest BCUT2D eigenvalue weighted by Gasteiger charge is -2.10. The highest BCUT2D eigenvalue weighted by Gasteiger charge is 2.07. The van der Waals surface area contributed by atoms with E-state index in [2.05, 4.69) is 15.8 Å². The molecule has 0 aromatic heterocycles. The first-order valence-corrected chi connectivity index (χ1v) is 7.32. The van der Waals surface area contributed by atoms with Crippen LogP contribution in [0.5, 0.6) is 11.5 Å². The second kappa shape index (κ2) is 7.61. The largest absolute Gasteiger partial charge is 0.497 e. The Labute approximate surface area is 135 Å². The van der Waals surface area contributed by atoms with Crippen LogP contribution in [-0.2, 0) is 0 Å². The van der Waals surface area contributed by atoms with Crippen LogP contribution in [0.1, 0.15) is 12.5 Å². The minimum atomic E-state index is 0.482. The highest BCUT2D eigenvalue weighted by atomic mass is 32.1. The molecule has 0 radical (unpaired) electrons. The molecular weight excluding hydrogens is 298 g/mol. The number of hydrogen-bond donors (Lipinski definition) is 2. The summed E-state index contributed by atoms with van der Waals surface area (Å²) in [6.45, 7) is 2.72. The van der Waals surface area contributed by atoms with Gasteiger partial charge < -0.3 is 14.8 Å². The lowest BCUT2D eigenvalue weighted by atomic mass is 10.0. The summed E-state index contributed by atoms with van der Waals surface area (Å²) in [6.07, 6.45) is 1.70. The first-order valence-electron chi connectivity index (χ1n) is 6.91. The van der Waals surface area contributed by atoms with E-state index in [0.29, 0.717) is 5.11 Å². The molecule has 5 nitrogen and oxygen atoms in total.